The number of nitrogens with one attached hydrogen (secondary N) is 2. The van der Waals surface area contributed by atoms with Crippen molar-refractivity contribution in [2.45, 2.75) is 6.92 Å². The summed E-state index contributed by atoms with van der Waals surface area (Å²) in [4.78, 5) is 16.7. The van der Waals surface area contributed by atoms with E-state index in [1.807, 2.05) is 43.3 Å². The average molecular weight is 363 g/mol. The molecule has 0 saturated heterocycles. The van der Waals surface area contributed by atoms with Gasteiger partial charge in [0.05, 0.1) is 36.9 Å². The van der Waals surface area contributed by atoms with Gasteiger partial charge in [-0.25, -0.2) is 0 Å². The Bertz CT molecular complexity index is 911. The summed E-state index contributed by atoms with van der Waals surface area (Å²) in [5.41, 5.74) is 2.64. The van der Waals surface area contributed by atoms with Gasteiger partial charge in [0, 0.05) is 11.9 Å². The first kappa shape index (κ1) is 18.3. The summed E-state index contributed by atoms with van der Waals surface area (Å²) >= 11 is 0. The number of methoxy groups -OCH3 is 1. The number of pyridine rings is 1. The molecule has 6 nitrogen and oxygen atoms in total. The van der Waals surface area contributed by atoms with E-state index in [-0.39, 0.29) is 5.91 Å². The van der Waals surface area contributed by atoms with Gasteiger partial charge in [-0.3, -0.25) is 9.78 Å². The number of nitrogens with zero attached hydrogens (tertiary/aromatic N) is 1. The van der Waals surface area contributed by atoms with Crippen LogP contribution < -0.4 is 20.1 Å². The first-order valence-corrected chi connectivity index (χ1v) is 8.59. The molecule has 6 heteroatoms. The van der Waals surface area contributed by atoms with Gasteiger partial charge in [-0.05, 0) is 49.4 Å². The Morgan fingerprint density at radius 2 is 1.81 bits per heavy atom. The quantitative estimate of drug-likeness (QED) is 0.647. The van der Waals surface area contributed by atoms with Crippen molar-refractivity contribution in [1.29, 1.82) is 0 Å². The molecule has 0 unspecified atom stereocenters. The third-order valence-electron chi connectivity index (χ3n) is 3.81. The van der Waals surface area contributed by atoms with Crippen LogP contribution in [0.15, 0.2) is 67.0 Å². The van der Waals surface area contributed by atoms with E-state index in [1.54, 1.807) is 31.5 Å². The fourth-order valence-electron chi connectivity index (χ4n) is 2.54. The number of rotatable bonds is 7. The first-order chi connectivity index (χ1) is 13.2. The molecular formula is C21H21N3O3. The highest BCUT2D eigenvalue weighted by Crippen LogP contribution is 2.24. The number of hydrogen-bond donors (Lipinski definition) is 2. The molecule has 0 spiro atoms. The summed E-state index contributed by atoms with van der Waals surface area (Å²) in [6.45, 7) is 2.57. The summed E-state index contributed by atoms with van der Waals surface area (Å²) in [6, 6.07) is 16.6. The fourth-order valence-corrected chi connectivity index (χ4v) is 2.54. The van der Waals surface area contributed by atoms with Gasteiger partial charge in [0.1, 0.15) is 11.5 Å². The minimum Gasteiger partial charge on any atom is -0.495 e. The van der Waals surface area contributed by atoms with Crippen LogP contribution in [0.3, 0.4) is 0 Å². The fraction of sp³-hybridized carbons (Fsp3) is 0.143. The van der Waals surface area contributed by atoms with Gasteiger partial charge in [0.2, 0.25) is 0 Å². The highest BCUT2D eigenvalue weighted by molar-refractivity contribution is 6.05. The molecular weight excluding hydrogens is 342 g/mol. The van der Waals surface area contributed by atoms with Crippen LogP contribution in [0.4, 0.5) is 17.1 Å². The predicted molar refractivity (Wildman–Crippen MR) is 106 cm³/mol. The lowest BCUT2D eigenvalue weighted by molar-refractivity contribution is 0.102. The number of amides is 1. The van der Waals surface area contributed by atoms with Gasteiger partial charge in [-0.15, -0.1) is 0 Å². The predicted octanol–water partition coefficient (Wildman–Crippen LogP) is 4.48. The van der Waals surface area contributed by atoms with Crippen molar-refractivity contribution in [2.24, 2.45) is 0 Å². The second-order valence-corrected chi connectivity index (χ2v) is 5.70. The van der Waals surface area contributed by atoms with E-state index in [0.717, 1.165) is 11.4 Å². The molecule has 3 rings (SSSR count). The molecule has 2 N–H and O–H groups in total. The molecule has 1 amide bonds. The Morgan fingerprint density at radius 3 is 2.56 bits per heavy atom. The average Bonchev–Trinajstić information content (AvgIpc) is 2.70. The van der Waals surface area contributed by atoms with Crippen molar-refractivity contribution in [3.8, 4) is 11.5 Å². The number of carbonyl (C=O) groups excluding carboxylic acids is 1. The van der Waals surface area contributed by atoms with E-state index < -0.39 is 0 Å². The molecule has 2 aromatic carbocycles. The zero-order chi connectivity index (χ0) is 19.1. The highest BCUT2D eigenvalue weighted by atomic mass is 16.5. The number of carbonyl (C=O) groups is 1. The molecule has 0 fully saturated rings. The van der Waals surface area contributed by atoms with Crippen molar-refractivity contribution < 1.29 is 14.3 Å². The van der Waals surface area contributed by atoms with Crippen molar-refractivity contribution >= 4 is 23.0 Å². The molecule has 1 aromatic heterocycles. The third kappa shape index (κ3) is 4.76. The normalized spacial score (nSPS) is 10.1. The largest absolute Gasteiger partial charge is 0.495 e. The van der Waals surface area contributed by atoms with Crippen LogP contribution >= 0.6 is 0 Å². The van der Waals surface area contributed by atoms with Gasteiger partial charge >= 0.3 is 0 Å². The number of hydrogen-bond acceptors (Lipinski definition) is 5. The van der Waals surface area contributed by atoms with Crippen LogP contribution in [-0.2, 0) is 0 Å². The third-order valence-corrected chi connectivity index (χ3v) is 3.81. The van der Waals surface area contributed by atoms with Crippen LogP contribution in [-0.4, -0.2) is 24.6 Å². The Kier molecular flexibility index (Phi) is 5.89. The topological polar surface area (TPSA) is 72.5 Å². The minimum absolute atomic E-state index is 0.262. The Labute approximate surface area is 158 Å². The molecule has 0 aliphatic heterocycles. The van der Waals surface area contributed by atoms with E-state index >= 15 is 0 Å². The summed E-state index contributed by atoms with van der Waals surface area (Å²) in [5, 5.41) is 6.07. The monoisotopic (exact) mass is 363 g/mol. The molecule has 0 saturated carbocycles. The van der Waals surface area contributed by atoms with Crippen molar-refractivity contribution in [1.82, 2.24) is 4.98 Å². The molecule has 27 heavy (non-hydrogen) atoms. The van der Waals surface area contributed by atoms with E-state index in [0.29, 0.717) is 29.3 Å². The molecule has 0 atom stereocenters. The van der Waals surface area contributed by atoms with Gasteiger partial charge in [0.15, 0.2) is 0 Å². The van der Waals surface area contributed by atoms with E-state index in [4.69, 9.17) is 9.47 Å². The molecule has 138 valence electrons. The van der Waals surface area contributed by atoms with Gasteiger partial charge in [-0.1, -0.05) is 12.1 Å². The molecule has 3 aromatic rings. The maximum absolute atomic E-state index is 12.6. The summed E-state index contributed by atoms with van der Waals surface area (Å²) in [6.07, 6.45) is 3.18. The standard InChI is InChI=1S/C21H21N3O3/c1-3-27-18-10-8-16(9-11-18)23-17-12-15(13-22-14-17)21(25)24-19-6-4-5-7-20(19)26-2/h4-14,23H,3H2,1-2H3,(H,24,25). The maximum Gasteiger partial charge on any atom is 0.257 e. The molecule has 0 bridgehead atoms. The highest BCUT2D eigenvalue weighted by Gasteiger charge is 2.10. The molecule has 1 heterocycles. The minimum atomic E-state index is -0.262. The molecule has 0 aliphatic rings. The molecule has 0 radical (unpaired) electrons. The number of anilines is 3. The van der Waals surface area contributed by atoms with E-state index in [2.05, 4.69) is 15.6 Å². The second-order valence-electron chi connectivity index (χ2n) is 5.70. The zero-order valence-corrected chi connectivity index (χ0v) is 15.2. The van der Waals surface area contributed by atoms with Crippen LogP contribution in [0.1, 0.15) is 17.3 Å². The van der Waals surface area contributed by atoms with E-state index in [9.17, 15) is 4.79 Å². The Balaban J connectivity index is 1.72. The van der Waals surface area contributed by atoms with Gasteiger partial charge in [-0.2, -0.15) is 0 Å². The van der Waals surface area contributed by atoms with Crippen LogP contribution in [0.2, 0.25) is 0 Å². The van der Waals surface area contributed by atoms with Crippen LogP contribution in [0.25, 0.3) is 0 Å². The SMILES string of the molecule is CCOc1ccc(Nc2cncc(C(=O)Nc3ccccc3OC)c2)cc1. The smallest absolute Gasteiger partial charge is 0.257 e. The Hall–Kier alpha value is -3.54. The Morgan fingerprint density at radius 1 is 1.04 bits per heavy atom. The lowest BCUT2D eigenvalue weighted by Gasteiger charge is -2.11. The lowest BCUT2D eigenvalue weighted by atomic mass is 10.2. The first-order valence-electron chi connectivity index (χ1n) is 8.59. The number of ether oxygens (including phenoxy) is 2. The number of benzene rings is 2. The van der Waals surface area contributed by atoms with Crippen molar-refractivity contribution in [3.63, 3.8) is 0 Å². The van der Waals surface area contributed by atoms with Crippen molar-refractivity contribution in [3.05, 3.63) is 72.6 Å². The lowest BCUT2D eigenvalue weighted by Crippen LogP contribution is -2.13. The summed E-state index contributed by atoms with van der Waals surface area (Å²) < 4.78 is 10.7. The number of aromatic nitrogens is 1. The van der Waals surface area contributed by atoms with Crippen molar-refractivity contribution in [2.75, 3.05) is 24.4 Å². The van der Waals surface area contributed by atoms with Gasteiger partial charge in [0.25, 0.3) is 5.91 Å². The van der Waals surface area contributed by atoms with Crippen LogP contribution in [0, 0.1) is 0 Å². The van der Waals surface area contributed by atoms with Gasteiger partial charge < -0.3 is 20.1 Å². The van der Waals surface area contributed by atoms with Crippen LogP contribution in [0.5, 0.6) is 11.5 Å². The maximum atomic E-state index is 12.6. The zero-order valence-electron chi connectivity index (χ0n) is 15.2. The number of para-hydroxylation sites is 2. The summed E-state index contributed by atoms with van der Waals surface area (Å²) in [7, 11) is 1.56. The summed E-state index contributed by atoms with van der Waals surface area (Å²) in [5.74, 6) is 1.15. The second kappa shape index (κ2) is 8.71. The molecule has 0 aliphatic carbocycles. The van der Waals surface area contributed by atoms with E-state index in [1.165, 1.54) is 6.20 Å².